The topological polar surface area (TPSA) is 30.2 Å². The fraction of sp³-hybridized carbons (Fsp3) is 0. The van der Waals surface area contributed by atoms with Gasteiger partial charge < -0.3 is 4.42 Å². The summed E-state index contributed by atoms with van der Waals surface area (Å²) >= 11 is 0. The van der Waals surface area contributed by atoms with Crippen LogP contribution in [0.3, 0.4) is 0 Å². The predicted octanol–water partition coefficient (Wildman–Crippen LogP) is 3.21. The Kier molecular flexibility index (Phi) is 2.90. The van der Waals surface area contributed by atoms with E-state index < -0.39 is 46.2 Å². The number of benzene rings is 1. The van der Waals surface area contributed by atoms with Gasteiger partial charge in [-0.15, -0.1) is 0 Å². The second-order valence-corrected chi connectivity index (χ2v) is 3.25. The third-order valence-electron chi connectivity index (χ3n) is 2.18. The van der Waals surface area contributed by atoms with E-state index in [2.05, 4.69) is 4.42 Å². The average molecular weight is 262 g/mol. The first-order chi connectivity index (χ1) is 8.45. The van der Waals surface area contributed by atoms with Gasteiger partial charge in [0.25, 0.3) is 0 Å². The zero-order valence-electron chi connectivity index (χ0n) is 8.44. The lowest BCUT2D eigenvalue weighted by Crippen LogP contribution is -2.13. The lowest BCUT2D eigenvalue weighted by Gasteiger charge is -2.05. The van der Waals surface area contributed by atoms with Crippen LogP contribution in [0, 0.1) is 29.1 Å². The van der Waals surface area contributed by atoms with Crippen LogP contribution in [0.25, 0.3) is 0 Å². The number of hydrogen-bond donors (Lipinski definition) is 0. The SMILES string of the molecule is O=C(c1ccco1)c1c(F)c(F)c(F)c(F)c1F. The van der Waals surface area contributed by atoms with Gasteiger partial charge in [0.05, 0.1) is 6.26 Å². The highest BCUT2D eigenvalue weighted by Gasteiger charge is 2.31. The third kappa shape index (κ3) is 1.68. The number of hydrogen-bond acceptors (Lipinski definition) is 2. The van der Waals surface area contributed by atoms with Crippen LogP contribution in [0.5, 0.6) is 0 Å². The Balaban J connectivity index is 2.69. The van der Waals surface area contributed by atoms with Crippen LogP contribution < -0.4 is 0 Å². The molecule has 1 heterocycles. The maximum Gasteiger partial charge on any atom is 0.234 e. The van der Waals surface area contributed by atoms with Gasteiger partial charge in [-0.05, 0) is 12.1 Å². The highest BCUT2D eigenvalue weighted by molar-refractivity contribution is 6.07. The summed E-state index contributed by atoms with van der Waals surface area (Å²) in [5, 5.41) is 0. The minimum Gasteiger partial charge on any atom is -0.461 e. The van der Waals surface area contributed by atoms with Crippen molar-refractivity contribution in [3.05, 3.63) is 58.8 Å². The van der Waals surface area contributed by atoms with Crippen molar-refractivity contribution in [3.63, 3.8) is 0 Å². The molecule has 7 heteroatoms. The van der Waals surface area contributed by atoms with E-state index in [1.54, 1.807) is 0 Å². The molecule has 0 radical (unpaired) electrons. The molecule has 0 atom stereocenters. The van der Waals surface area contributed by atoms with Crippen molar-refractivity contribution < 1.29 is 31.2 Å². The quantitative estimate of drug-likeness (QED) is 0.360. The summed E-state index contributed by atoms with van der Waals surface area (Å²) in [5.41, 5.74) is -1.54. The standard InChI is InChI=1S/C11H3F5O2/c12-6-5(11(17)4-2-1-3-18-4)7(13)9(15)10(16)8(6)14/h1-3H. The summed E-state index contributed by atoms with van der Waals surface area (Å²) in [7, 11) is 0. The number of furan rings is 1. The van der Waals surface area contributed by atoms with Gasteiger partial charge in [0, 0.05) is 0 Å². The van der Waals surface area contributed by atoms with Gasteiger partial charge in [0.2, 0.25) is 11.6 Å². The maximum atomic E-state index is 13.3. The van der Waals surface area contributed by atoms with Gasteiger partial charge >= 0.3 is 0 Å². The molecule has 1 aromatic carbocycles. The molecular weight excluding hydrogens is 259 g/mol. The van der Waals surface area contributed by atoms with Crippen LogP contribution >= 0.6 is 0 Å². The van der Waals surface area contributed by atoms with E-state index in [9.17, 15) is 26.7 Å². The molecule has 0 saturated carbocycles. The zero-order chi connectivity index (χ0) is 13.4. The molecule has 2 aromatic rings. The largest absolute Gasteiger partial charge is 0.461 e. The molecule has 0 bridgehead atoms. The van der Waals surface area contributed by atoms with E-state index in [1.165, 1.54) is 6.07 Å². The van der Waals surface area contributed by atoms with Crippen LogP contribution in [0.15, 0.2) is 22.8 Å². The van der Waals surface area contributed by atoms with Crippen LogP contribution in [-0.2, 0) is 0 Å². The van der Waals surface area contributed by atoms with Gasteiger partial charge in [-0.3, -0.25) is 4.79 Å². The normalized spacial score (nSPS) is 10.7. The summed E-state index contributed by atoms with van der Waals surface area (Å²) in [6.07, 6.45) is 1.03. The first kappa shape index (κ1) is 12.3. The van der Waals surface area contributed by atoms with Gasteiger partial charge in [0.1, 0.15) is 5.56 Å². The van der Waals surface area contributed by atoms with Crippen LogP contribution in [0.1, 0.15) is 16.1 Å². The molecule has 2 rings (SSSR count). The van der Waals surface area contributed by atoms with E-state index in [0.29, 0.717) is 0 Å². The van der Waals surface area contributed by atoms with Crippen molar-refractivity contribution in [1.29, 1.82) is 0 Å². The Morgan fingerprint density at radius 2 is 1.39 bits per heavy atom. The molecular formula is C11H3F5O2. The van der Waals surface area contributed by atoms with Crippen molar-refractivity contribution in [2.75, 3.05) is 0 Å². The molecule has 0 aliphatic carbocycles. The van der Waals surface area contributed by atoms with E-state index in [-0.39, 0.29) is 0 Å². The summed E-state index contributed by atoms with van der Waals surface area (Å²) in [4.78, 5) is 11.5. The van der Waals surface area contributed by atoms with Crippen LogP contribution in [-0.4, -0.2) is 5.78 Å². The summed E-state index contributed by atoms with van der Waals surface area (Å²) in [6, 6.07) is 2.28. The molecule has 0 aliphatic rings. The second kappa shape index (κ2) is 4.25. The highest BCUT2D eigenvalue weighted by atomic mass is 19.2. The summed E-state index contributed by atoms with van der Waals surface area (Å²) < 4.78 is 69.5. The predicted molar refractivity (Wildman–Crippen MR) is 48.4 cm³/mol. The molecule has 0 fully saturated rings. The monoisotopic (exact) mass is 262 g/mol. The van der Waals surface area contributed by atoms with Crippen LogP contribution in [0.2, 0.25) is 0 Å². The van der Waals surface area contributed by atoms with E-state index >= 15 is 0 Å². The third-order valence-corrected chi connectivity index (χ3v) is 2.18. The van der Waals surface area contributed by atoms with Crippen LogP contribution in [0.4, 0.5) is 22.0 Å². The Labute approximate surface area is 96.6 Å². The number of halogens is 5. The van der Waals surface area contributed by atoms with Crippen molar-refractivity contribution in [1.82, 2.24) is 0 Å². The minimum absolute atomic E-state index is 0.529. The Morgan fingerprint density at radius 3 is 1.83 bits per heavy atom. The summed E-state index contributed by atoms with van der Waals surface area (Å²) in [6.45, 7) is 0. The van der Waals surface area contributed by atoms with Gasteiger partial charge in [0.15, 0.2) is 29.0 Å². The molecule has 0 saturated heterocycles. The second-order valence-electron chi connectivity index (χ2n) is 3.25. The van der Waals surface area contributed by atoms with E-state index in [0.717, 1.165) is 12.3 Å². The maximum absolute atomic E-state index is 13.3. The molecule has 0 spiro atoms. The van der Waals surface area contributed by atoms with Crippen molar-refractivity contribution in [3.8, 4) is 0 Å². The molecule has 0 N–H and O–H groups in total. The van der Waals surface area contributed by atoms with Gasteiger partial charge in [-0.25, -0.2) is 22.0 Å². The van der Waals surface area contributed by atoms with Crippen molar-refractivity contribution >= 4 is 5.78 Å². The first-order valence-corrected chi connectivity index (χ1v) is 4.54. The number of carbonyl (C=O) groups is 1. The molecule has 0 amide bonds. The lowest BCUT2D eigenvalue weighted by atomic mass is 10.1. The average Bonchev–Trinajstić information content (AvgIpc) is 2.88. The highest BCUT2D eigenvalue weighted by Crippen LogP contribution is 2.25. The van der Waals surface area contributed by atoms with Gasteiger partial charge in [-0.2, -0.15) is 0 Å². The molecule has 2 nitrogen and oxygen atoms in total. The molecule has 0 unspecified atom stereocenters. The fourth-order valence-corrected chi connectivity index (χ4v) is 1.34. The molecule has 1 aromatic heterocycles. The number of carbonyl (C=O) groups excluding carboxylic acids is 1. The Bertz CT molecular complexity index is 590. The fourth-order valence-electron chi connectivity index (χ4n) is 1.34. The zero-order valence-corrected chi connectivity index (χ0v) is 8.44. The van der Waals surface area contributed by atoms with E-state index in [1.807, 2.05) is 0 Å². The lowest BCUT2D eigenvalue weighted by molar-refractivity contribution is 0.0998. The summed E-state index contributed by atoms with van der Waals surface area (Å²) in [5.74, 6) is -13.0. The Morgan fingerprint density at radius 1 is 0.889 bits per heavy atom. The van der Waals surface area contributed by atoms with Crippen molar-refractivity contribution in [2.24, 2.45) is 0 Å². The molecule has 18 heavy (non-hydrogen) atoms. The molecule has 94 valence electrons. The van der Waals surface area contributed by atoms with Crippen molar-refractivity contribution in [2.45, 2.75) is 0 Å². The van der Waals surface area contributed by atoms with Gasteiger partial charge in [-0.1, -0.05) is 0 Å². The molecule has 0 aliphatic heterocycles. The number of rotatable bonds is 2. The Hall–Kier alpha value is -2.18. The number of ketones is 1. The smallest absolute Gasteiger partial charge is 0.234 e. The minimum atomic E-state index is -2.32. The first-order valence-electron chi connectivity index (χ1n) is 4.54. The van der Waals surface area contributed by atoms with E-state index in [4.69, 9.17) is 0 Å².